The van der Waals surface area contributed by atoms with Crippen molar-refractivity contribution in [3.63, 3.8) is 0 Å². The summed E-state index contributed by atoms with van der Waals surface area (Å²) in [6.07, 6.45) is -0.450. The highest BCUT2D eigenvalue weighted by Gasteiger charge is 2.09. The average Bonchev–Trinajstić information content (AvgIpc) is 2.15. The maximum absolute atomic E-state index is 9.70. The lowest BCUT2D eigenvalue weighted by Crippen LogP contribution is -2.30. The van der Waals surface area contributed by atoms with Gasteiger partial charge in [-0.05, 0) is 39.1 Å². The lowest BCUT2D eigenvalue weighted by Gasteiger charge is -2.18. The molecule has 1 aromatic rings. The van der Waals surface area contributed by atoms with Crippen LogP contribution in [-0.2, 0) is 0 Å². The Morgan fingerprint density at radius 3 is 2.31 bits per heavy atom. The minimum Gasteiger partial charge on any atom is -0.490 e. The van der Waals surface area contributed by atoms with E-state index < -0.39 is 6.10 Å². The molecule has 3 nitrogen and oxygen atoms in total. The number of hydrogen-bond acceptors (Lipinski definition) is 3. The first kappa shape index (κ1) is 13.0. The van der Waals surface area contributed by atoms with Crippen LogP contribution in [0.5, 0.6) is 5.75 Å². The number of para-hydroxylation sites is 1. The Kier molecular flexibility index (Phi) is 4.77. The third-order valence-corrected chi connectivity index (χ3v) is 2.40. The van der Waals surface area contributed by atoms with Crippen molar-refractivity contribution in [2.45, 2.75) is 20.0 Å². The van der Waals surface area contributed by atoms with Crippen LogP contribution in [-0.4, -0.2) is 43.4 Å². The van der Waals surface area contributed by atoms with Crippen LogP contribution < -0.4 is 4.74 Å². The monoisotopic (exact) mass is 223 g/mol. The maximum Gasteiger partial charge on any atom is 0.125 e. The minimum atomic E-state index is -0.450. The van der Waals surface area contributed by atoms with Crippen molar-refractivity contribution in [3.8, 4) is 5.75 Å². The zero-order chi connectivity index (χ0) is 12.1. The molecule has 3 heteroatoms. The molecule has 0 aliphatic heterocycles. The van der Waals surface area contributed by atoms with E-state index in [1.54, 1.807) is 0 Å². The van der Waals surface area contributed by atoms with Crippen LogP contribution in [0.15, 0.2) is 18.2 Å². The Labute approximate surface area is 97.7 Å². The Bertz CT molecular complexity index is 316. The molecule has 1 N–H and O–H groups in total. The number of benzene rings is 1. The van der Waals surface area contributed by atoms with E-state index in [1.807, 2.05) is 51.0 Å². The van der Waals surface area contributed by atoms with Crippen molar-refractivity contribution in [2.24, 2.45) is 0 Å². The van der Waals surface area contributed by atoms with E-state index in [0.717, 1.165) is 16.9 Å². The molecule has 0 fully saturated rings. The third-order valence-electron chi connectivity index (χ3n) is 2.40. The second kappa shape index (κ2) is 5.87. The highest BCUT2D eigenvalue weighted by Crippen LogP contribution is 2.22. The number of aryl methyl sites for hydroxylation is 2. The molecule has 16 heavy (non-hydrogen) atoms. The number of hydrogen-bond donors (Lipinski definition) is 1. The lowest BCUT2D eigenvalue weighted by molar-refractivity contribution is 0.0825. The summed E-state index contributed by atoms with van der Waals surface area (Å²) in [5, 5.41) is 9.70. The van der Waals surface area contributed by atoms with Crippen LogP contribution in [0.4, 0.5) is 0 Å². The predicted octanol–water partition coefficient (Wildman–Crippen LogP) is 1.60. The molecule has 1 rings (SSSR count). The van der Waals surface area contributed by atoms with Gasteiger partial charge in [0.1, 0.15) is 18.5 Å². The molecule has 90 valence electrons. The van der Waals surface area contributed by atoms with Crippen LogP contribution >= 0.6 is 0 Å². The van der Waals surface area contributed by atoms with E-state index in [-0.39, 0.29) is 0 Å². The summed E-state index contributed by atoms with van der Waals surface area (Å²) < 4.78 is 5.65. The summed E-state index contributed by atoms with van der Waals surface area (Å²) in [7, 11) is 3.87. The number of aliphatic hydroxyl groups excluding tert-OH is 1. The van der Waals surface area contributed by atoms with Crippen LogP contribution in [0.2, 0.25) is 0 Å². The van der Waals surface area contributed by atoms with Crippen molar-refractivity contribution in [1.29, 1.82) is 0 Å². The topological polar surface area (TPSA) is 32.7 Å². The van der Waals surface area contributed by atoms with Gasteiger partial charge in [0.05, 0.1) is 0 Å². The fraction of sp³-hybridized carbons (Fsp3) is 0.538. The molecule has 1 atom stereocenters. The second-order valence-electron chi connectivity index (χ2n) is 4.45. The summed E-state index contributed by atoms with van der Waals surface area (Å²) in [5.74, 6) is 0.889. The van der Waals surface area contributed by atoms with E-state index in [9.17, 15) is 5.11 Å². The van der Waals surface area contributed by atoms with Gasteiger partial charge in [-0.1, -0.05) is 18.2 Å². The molecule has 1 unspecified atom stereocenters. The van der Waals surface area contributed by atoms with E-state index in [1.165, 1.54) is 0 Å². The molecular formula is C13H21NO2. The minimum absolute atomic E-state index is 0.337. The number of nitrogens with zero attached hydrogens (tertiary/aromatic N) is 1. The highest BCUT2D eigenvalue weighted by molar-refractivity contribution is 5.39. The van der Waals surface area contributed by atoms with Gasteiger partial charge in [-0.3, -0.25) is 0 Å². The van der Waals surface area contributed by atoms with Crippen LogP contribution in [0, 0.1) is 13.8 Å². The molecule has 1 aromatic carbocycles. The maximum atomic E-state index is 9.70. The first-order valence-electron chi connectivity index (χ1n) is 5.52. The Balaban J connectivity index is 2.54. The van der Waals surface area contributed by atoms with Gasteiger partial charge in [-0.15, -0.1) is 0 Å². The standard InChI is InChI=1S/C13H21NO2/c1-10-6-5-7-11(2)13(10)16-9-12(15)8-14(3)4/h5-7,12,15H,8-9H2,1-4H3. The molecule has 0 aromatic heterocycles. The molecule has 0 heterocycles. The number of aliphatic hydroxyl groups is 1. The molecule has 0 saturated heterocycles. The van der Waals surface area contributed by atoms with Gasteiger partial charge >= 0.3 is 0 Å². The summed E-state index contributed by atoms with van der Waals surface area (Å²) >= 11 is 0. The first-order chi connectivity index (χ1) is 7.50. The predicted molar refractivity (Wildman–Crippen MR) is 66.0 cm³/mol. The third kappa shape index (κ3) is 3.83. The molecule has 0 radical (unpaired) electrons. The fourth-order valence-electron chi connectivity index (χ4n) is 1.68. The smallest absolute Gasteiger partial charge is 0.125 e. The fourth-order valence-corrected chi connectivity index (χ4v) is 1.68. The largest absolute Gasteiger partial charge is 0.490 e. The van der Waals surface area contributed by atoms with Crippen LogP contribution in [0.25, 0.3) is 0 Å². The van der Waals surface area contributed by atoms with Gasteiger partial charge in [0.2, 0.25) is 0 Å². The van der Waals surface area contributed by atoms with Gasteiger partial charge in [0.25, 0.3) is 0 Å². The Morgan fingerprint density at radius 1 is 1.25 bits per heavy atom. The average molecular weight is 223 g/mol. The SMILES string of the molecule is Cc1cccc(C)c1OCC(O)CN(C)C. The highest BCUT2D eigenvalue weighted by atomic mass is 16.5. The van der Waals surface area contributed by atoms with E-state index in [2.05, 4.69) is 0 Å². The molecule has 0 saturated carbocycles. The molecule has 0 aliphatic rings. The first-order valence-corrected chi connectivity index (χ1v) is 5.52. The van der Waals surface area contributed by atoms with Gasteiger partial charge in [0.15, 0.2) is 0 Å². The van der Waals surface area contributed by atoms with Crippen LogP contribution in [0.1, 0.15) is 11.1 Å². The quantitative estimate of drug-likeness (QED) is 0.823. The van der Waals surface area contributed by atoms with Gasteiger partial charge in [-0.25, -0.2) is 0 Å². The molecular weight excluding hydrogens is 202 g/mol. The van der Waals surface area contributed by atoms with Gasteiger partial charge in [-0.2, -0.15) is 0 Å². The zero-order valence-corrected chi connectivity index (χ0v) is 10.5. The second-order valence-corrected chi connectivity index (χ2v) is 4.45. The number of ether oxygens (including phenoxy) is 1. The molecule has 0 amide bonds. The molecule has 0 aliphatic carbocycles. The van der Waals surface area contributed by atoms with E-state index in [4.69, 9.17) is 4.74 Å². The van der Waals surface area contributed by atoms with Crippen molar-refractivity contribution in [3.05, 3.63) is 29.3 Å². The van der Waals surface area contributed by atoms with Crippen molar-refractivity contribution in [1.82, 2.24) is 4.90 Å². The van der Waals surface area contributed by atoms with E-state index in [0.29, 0.717) is 13.2 Å². The van der Waals surface area contributed by atoms with Gasteiger partial charge < -0.3 is 14.7 Å². The normalized spacial score (nSPS) is 12.9. The van der Waals surface area contributed by atoms with Crippen molar-refractivity contribution >= 4 is 0 Å². The molecule has 0 spiro atoms. The Hall–Kier alpha value is -1.06. The summed E-state index contributed by atoms with van der Waals surface area (Å²) in [5.41, 5.74) is 2.22. The van der Waals surface area contributed by atoms with Crippen molar-refractivity contribution in [2.75, 3.05) is 27.2 Å². The van der Waals surface area contributed by atoms with Crippen LogP contribution in [0.3, 0.4) is 0 Å². The summed E-state index contributed by atoms with van der Waals surface area (Å²) in [6.45, 7) is 4.98. The van der Waals surface area contributed by atoms with E-state index >= 15 is 0 Å². The Morgan fingerprint density at radius 2 is 1.81 bits per heavy atom. The number of likely N-dealkylation sites (N-methyl/N-ethyl adjacent to an activating group) is 1. The zero-order valence-electron chi connectivity index (χ0n) is 10.5. The number of rotatable bonds is 5. The molecule has 0 bridgehead atoms. The summed E-state index contributed by atoms with van der Waals surface area (Å²) in [6, 6.07) is 6.04. The van der Waals surface area contributed by atoms with Gasteiger partial charge in [0, 0.05) is 6.54 Å². The lowest BCUT2D eigenvalue weighted by atomic mass is 10.1. The van der Waals surface area contributed by atoms with Crippen molar-refractivity contribution < 1.29 is 9.84 Å². The summed E-state index contributed by atoms with van der Waals surface area (Å²) in [4.78, 5) is 1.94.